The van der Waals surface area contributed by atoms with E-state index < -0.39 is 0 Å². The Morgan fingerprint density at radius 1 is 1.35 bits per heavy atom. The number of hydrogen-bond acceptors (Lipinski definition) is 5. The first kappa shape index (κ1) is 20.1. The van der Waals surface area contributed by atoms with Crippen LogP contribution in [0.3, 0.4) is 0 Å². The van der Waals surface area contributed by atoms with Crippen molar-refractivity contribution in [3.8, 4) is 0 Å². The average Bonchev–Trinajstić information content (AvgIpc) is 2.61. The number of amides is 2. The Bertz CT molecular complexity index is 647. The molecule has 3 N–H and O–H groups in total. The highest BCUT2D eigenvalue weighted by atomic mass is 16.2. The molecule has 1 fully saturated rings. The van der Waals surface area contributed by atoms with E-state index in [1.807, 2.05) is 25.7 Å². The number of carbonyl (C=O) groups excluding carboxylic acids is 2. The fourth-order valence-electron chi connectivity index (χ4n) is 3.38. The Morgan fingerprint density at radius 2 is 2.08 bits per heavy atom. The van der Waals surface area contributed by atoms with Gasteiger partial charge in [0.25, 0.3) is 5.91 Å². The summed E-state index contributed by atoms with van der Waals surface area (Å²) in [5, 5.41) is 3.13. The van der Waals surface area contributed by atoms with Gasteiger partial charge in [0.15, 0.2) is 0 Å². The minimum absolute atomic E-state index is 0.0980. The van der Waals surface area contributed by atoms with Gasteiger partial charge in [0.2, 0.25) is 11.9 Å². The molecule has 2 rings (SSSR count). The second-order valence-corrected chi connectivity index (χ2v) is 7.32. The van der Waals surface area contributed by atoms with E-state index in [2.05, 4.69) is 22.2 Å². The van der Waals surface area contributed by atoms with E-state index in [0.717, 1.165) is 25.0 Å². The average molecular weight is 361 g/mol. The maximum Gasteiger partial charge on any atom is 0.272 e. The summed E-state index contributed by atoms with van der Waals surface area (Å²) in [5.74, 6) is 0.541. The van der Waals surface area contributed by atoms with Crippen molar-refractivity contribution in [2.24, 2.45) is 5.92 Å². The van der Waals surface area contributed by atoms with Crippen LogP contribution >= 0.6 is 0 Å². The largest absolute Gasteiger partial charge is 0.368 e. The predicted octanol–water partition coefficient (Wildman–Crippen LogP) is 2.34. The lowest BCUT2D eigenvalue weighted by molar-refractivity contribution is -0.122. The van der Waals surface area contributed by atoms with Crippen molar-refractivity contribution in [2.45, 2.75) is 65.3 Å². The monoisotopic (exact) mass is 361 g/mol. The summed E-state index contributed by atoms with van der Waals surface area (Å²) in [6.07, 6.45) is 3.06. The molecule has 26 heavy (non-hydrogen) atoms. The Balaban J connectivity index is 2.09. The first-order valence-electron chi connectivity index (χ1n) is 9.58. The highest BCUT2D eigenvalue weighted by molar-refractivity contribution is 5.92. The topological polar surface area (TPSA) is 101 Å². The molecule has 7 heteroatoms. The van der Waals surface area contributed by atoms with Gasteiger partial charge in [0.1, 0.15) is 5.69 Å². The van der Waals surface area contributed by atoms with Gasteiger partial charge in [-0.25, -0.2) is 9.97 Å². The third-order valence-corrected chi connectivity index (χ3v) is 4.94. The Hall–Kier alpha value is -2.18. The standard InChI is InChI=1S/C19H31N5O2/c1-5-7-17(25)21-14-8-9-24(11-13(14)6-2)18(26)16-10-15(12(3)4)22-19(20)23-16/h10,12-14H,5-9,11H2,1-4H3,(H,21,25)(H2,20,22,23)/t13-,14+/m1/s1. The number of hydrogen-bond donors (Lipinski definition) is 2. The molecule has 1 aliphatic heterocycles. The van der Waals surface area contributed by atoms with Gasteiger partial charge in [-0.05, 0) is 37.2 Å². The van der Waals surface area contributed by atoms with E-state index in [1.54, 1.807) is 6.07 Å². The third kappa shape index (κ3) is 4.93. The minimum Gasteiger partial charge on any atom is -0.368 e. The zero-order valence-corrected chi connectivity index (χ0v) is 16.3. The zero-order valence-electron chi connectivity index (χ0n) is 16.3. The molecule has 1 aromatic rings. The number of likely N-dealkylation sites (tertiary alicyclic amines) is 1. The third-order valence-electron chi connectivity index (χ3n) is 4.94. The number of piperidine rings is 1. The van der Waals surface area contributed by atoms with Crippen LogP contribution in [-0.2, 0) is 4.79 Å². The Kier molecular flexibility index (Phi) is 6.94. The number of carbonyl (C=O) groups is 2. The minimum atomic E-state index is -0.113. The molecular weight excluding hydrogens is 330 g/mol. The van der Waals surface area contributed by atoms with E-state index in [1.165, 1.54) is 0 Å². The van der Waals surface area contributed by atoms with E-state index in [9.17, 15) is 9.59 Å². The molecule has 0 saturated carbocycles. The number of aromatic nitrogens is 2. The summed E-state index contributed by atoms with van der Waals surface area (Å²) < 4.78 is 0. The summed E-state index contributed by atoms with van der Waals surface area (Å²) >= 11 is 0. The Labute approximate surface area is 155 Å². The highest BCUT2D eigenvalue weighted by Gasteiger charge is 2.32. The van der Waals surface area contributed by atoms with E-state index in [4.69, 9.17) is 5.73 Å². The van der Waals surface area contributed by atoms with Crippen LogP contribution in [-0.4, -0.2) is 45.8 Å². The molecule has 0 aromatic carbocycles. The van der Waals surface area contributed by atoms with Crippen molar-refractivity contribution < 1.29 is 9.59 Å². The molecule has 0 bridgehead atoms. The maximum atomic E-state index is 12.9. The SMILES string of the molecule is CCCC(=O)N[C@H]1CCN(C(=O)c2cc(C(C)C)nc(N)n2)C[C@H]1CC. The smallest absolute Gasteiger partial charge is 0.272 e. The summed E-state index contributed by atoms with van der Waals surface area (Å²) in [7, 11) is 0. The van der Waals surface area contributed by atoms with Crippen LogP contribution in [0.5, 0.6) is 0 Å². The molecular formula is C19H31N5O2. The van der Waals surface area contributed by atoms with Gasteiger partial charge in [-0.15, -0.1) is 0 Å². The molecule has 0 aliphatic carbocycles. The maximum absolute atomic E-state index is 12.9. The van der Waals surface area contributed by atoms with Crippen LogP contribution in [0.25, 0.3) is 0 Å². The Morgan fingerprint density at radius 3 is 2.69 bits per heavy atom. The lowest BCUT2D eigenvalue weighted by Gasteiger charge is -2.38. The molecule has 0 spiro atoms. The van der Waals surface area contributed by atoms with Gasteiger partial charge in [-0.2, -0.15) is 0 Å². The molecule has 144 valence electrons. The number of nitrogens with one attached hydrogen (secondary N) is 1. The number of nitrogens with zero attached hydrogens (tertiary/aromatic N) is 3. The number of rotatable bonds is 6. The van der Waals surface area contributed by atoms with Crippen molar-refractivity contribution in [1.29, 1.82) is 0 Å². The van der Waals surface area contributed by atoms with Crippen LogP contribution in [0.2, 0.25) is 0 Å². The van der Waals surface area contributed by atoms with E-state index in [-0.39, 0.29) is 35.6 Å². The molecule has 0 unspecified atom stereocenters. The first-order valence-corrected chi connectivity index (χ1v) is 9.58. The molecule has 7 nitrogen and oxygen atoms in total. The first-order chi connectivity index (χ1) is 12.3. The van der Waals surface area contributed by atoms with Gasteiger partial charge in [0.05, 0.1) is 0 Å². The number of nitrogen functional groups attached to an aromatic ring is 1. The number of nitrogens with two attached hydrogens (primary N) is 1. The summed E-state index contributed by atoms with van der Waals surface area (Å²) in [6, 6.07) is 1.86. The highest BCUT2D eigenvalue weighted by Crippen LogP contribution is 2.23. The second-order valence-electron chi connectivity index (χ2n) is 7.32. The molecule has 2 amide bonds. The van der Waals surface area contributed by atoms with Crippen molar-refractivity contribution in [1.82, 2.24) is 20.2 Å². The van der Waals surface area contributed by atoms with Crippen molar-refractivity contribution >= 4 is 17.8 Å². The summed E-state index contributed by atoms with van der Waals surface area (Å²) in [4.78, 5) is 35.0. The fourth-order valence-corrected chi connectivity index (χ4v) is 3.38. The molecule has 1 saturated heterocycles. The van der Waals surface area contributed by atoms with Crippen LogP contribution in [0.4, 0.5) is 5.95 Å². The lowest BCUT2D eigenvalue weighted by Crippen LogP contribution is -2.52. The molecule has 1 aliphatic rings. The van der Waals surface area contributed by atoms with Crippen LogP contribution < -0.4 is 11.1 Å². The van der Waals surface area contributed by atoms with Crippen LogP contribution in [0, 0.1) is 5.92 Å². The second kappa shape index (κ2) is 8.96. The van der Waals surface area contributed by atoms with Crippen molar-refractivity contribution in [3.05, 3.63) is 17.5 Å². The van der Waals surface area contributed by atoms with Gasteiger partial charge in [0, 0.05) is 31.2 Å². The molecule has 1 aromatic heterocycles. The van der Waals surface area contributed by atoms with Crippen LogP contribution in [0.15, 0.2) is 6.07 Å². The van der Waals surface area contributed by atoms with Gasteiger partial charge < -0.3 is 16.0 Å². The van der Waals surface area contributed by atoms with Gasteiger partial charge in [-0.1, -0.05) is 27.7 Å². The summed E-state index contributed by atoms with van der Waals surface area (Å²) in [6.45, 7) is 9.33. The van der Waals surface area contributed by atoms with Crippen molar-refractivity contribution in [2.75, 3.05) is 18.8 Å². The van der Waals surface area contributed by atoms with Crippen molar-refractivity contribution in [3.63, 3.8) is 0 Å². The molecule has 2 atom stereocenters. The van der Waals surface area contributed by atoms with E-state index in [0.29, 0.717) is 25.2 Å². The van der Waals surface area contributed by atoms with Gasteiger partial charge in [-0.3, -0.25) is 9.59 Å². The zero-order chi connectivity index (χ0) is 19.3. The van der Waals surface area contributed by atoms with Gasteiger partial charge >= 0.3 is 0 Å². The molecule has 0 radical (unpaired) electrons. The predicted molar refractivity (Wildman–Crippen MR) is 102 cm³/mol. The molecule has 2 heterocycles. The van der Waals surface area contributed by atoms with E-state index >= 15 is 0 Å². The fraction of sp³-hybridized carbons (Fsp3) is 0.684. The lowest BCUT2D eigenvalue weighted by atomic mass is 9.89. The summed E-state index contributed by atoms with van der Waals surface area (Å²) in [5.41, 5.74) is 6.91. The number of anilines is 1. The van der Waals surface area contributed by atoms with Crippen LogP contribution in [0.1, 0.15) is 75.5 Å². The normalized spacial score (nSPS) is 20.3. The quantitative estimate of drug-likeness (QED) is 0.810.